The molecule has 0 spiro atoms. The van der Waals surface area contributed by atoms with Crippen molar-refractivity contribution in [3.05, 3.63) is 48.4 Å². The highest BCUT2D eigenvalue weighted by atomic mass is 14.9. The maximum Gasteiger partial charge on any atom is 0.0861 e. The molecule has 0 amide bonds. The number of nitrogens with zero attached hydrogens (tertiary/aromatic N) is 1. The van der Waals surface area contributed by atoms with Crippen molar-refractivity contribution in [1.29, 1.82) is 0 Å². The molecule has 0 unspecified atom stereocenters. The van der Waals surface area contributed by atoms with Crippen LogP contribution in [0.2, 0.25) is 0 Å². The van der Waals surface area contributed by atoms with E-state index in [2.05, 4.69) is 54.6 Å². The third-order valence-corrected chi connectivity index (χ3v) is 5.52. The van der Waals surface area contributed by atoms with E-state index in [1.54, 1.807) is 0 Å². The Labute approximate surface area is 161 Å². The Morgan fingerprint density at radius 3 is 2.08 bits per heavy atom. The van der Waals surface area contributed by atoms with E-state index in [0.717, 1.165) is 5.69 Å². The predicted octanol–water partition coefficient (Wildman–Crippen LogP) is 7.25. The minimum absolute atomic E-state index is 0.205. The maximum absolute atomic E-state index is 4.54. The summed E-state index contributed by atoms with van der Waals surface area (Å²) < 4.78 is 0. The molecule has 144 valence electrons. The zero-order valence-electron chi connectivity index (χ0n) is 17.0. The van der Waals surface area contributed by atoms with E-state index in [-0.39, 0.29) is 5.41 Å². The van der Waals surface area contributed by atoms with Crippen LogP contribution in [0.25, 0.3) is 5.70 Å². The van der Waals surface area contributed by atoms with Gasteiger partial charge in [0.2, 0.25) is 0 Å². The third kappa shape index (κ3) is 6.97. The van der Waals surface area contributed by atoms with Crippen LogP contribution in [-0.4, -0.2) is 4.98 Å². The Morgan fingerprint density at radius 1 is 0.846 bits per heavy atom. The van der Waals surface area contributed by atoms with Gasteiger partial charge in [0.05, 0.1) is 11.4 Å². The van der Waals surface area contributed by atoms with E-state index in [1.165, 1.54) is 82.7 Å². The molecular formula is C24H38N2. The summed E-state index contributed by atoms with van der Waals surface area (Å²) in [5.74, 6) is 0. The Balaban J connectivity index is 2.02. The summed E-state index contributed by atoms with van der Waals surface area (Å²) in [5.41, 5.74) is 2.43. The molecule has 0 fully saturated rings. The quantitative estimate of drug-likeness (QED) is 0.377. The summed E-state index contributed by atoms with van der Waals surface area (Å²) in [5, 5.41) is 3.43. The summed E-state index contributed by atoms with van der Waals surface area (Å²) in [7, 11) is 0. The lowest BCUT2D eigenvalue weighted by Gasteiger charge is -2.32. The van der Waals surface area contributed by atoms with Gasteiger partial charge in [0.1, 0.15) is 0 Å². The van der Waals surface area contributed by atoms with E-state index in [0.29, 0.717) is 0 Å². The second-order valence-electron chi connectivity index (χ2n) is 7.81. The van der Waals surface area contributed by atoms with Crippen molar-refractivity contribution in [2.45, 2.75) is 90.9 Å². The molecule has 1 aromatic heterocycles. The molecule has 0 saturated carbocycles. The maximum atomic E-state index is 4.54. The summed E-state index contributed by atoms with van der Waals surface area (Å²) in [6, 6.07) is 6.16. The lowest BCUT2D eigenvalue weighted by molar-refractivity contribution is 0.368. The molecule has 2 heteroatoms. The number of pyridine rings is 1. The smallest absolute Gasteiger partial charge is 0.0861 e. The first-order valence-electron chi connectivity index (χ1n) is 10.9. The summed E-state index contributed by atoms with van der Waals surface area (Å²) in [6.07, 6.45) is 24.9. The highest BCUT2D eigenvalue weighted by Crippen LogP contribution is 2.38. The highest BCUT2D eigenvalue weighted by Gasteiger charge is 2.27. The van der Waals surface area contributed by atoms with Crippen LogP contribution < -0.4 is 5.32 Å². The Bertz CT molecular complexity index is 531. The third-order valence-electron chi connectivity index (χ3n) is 5.52. The molecule has 1 N–H and O–H groups in total. The molecule has 0 saturated heterocycles. The van der Waals surface area contributed by atoms with Gasteiger partial charge in [0.15, 0.2) is 0 Å². The van der Waals surface area contributed by atoms with Gasteiger partial charge in [0, 0.05) is 11.6 Å². The second-order valence-corrected chi connectivity index (χ2v) is 7.81. The van der Waals surface area contributed by atoms with Gasteiger partial charge in [-0.25, -0.2) is 0 Å². The molecule has 0 aromatic carbocycles. The zero-order valence-corrected chi connectivity index (χ0v) is 17.0. The van der Waals surface area contributed by atoms with Crippen LogP contribution in [0.3, 0.4) is 0 Å². The van der Waals surface area contributed by atoms with Crippen molar-refractivity contribution >= 4 is 5.70 Å². The number of unbranched alkanes of at least 4 members (excludes halogenated alkanes) is 8. The molecule has 0 aliphatic carbocycles. The average Bonchev–Trinajstić information content (AvgIpc) is 2.69. The molecule has 0 bridgehead atoms. The van der Waals surface area contributed by atoms with Gasteiger partial charge in [0.25, 0.3) is 0 Å². The average molecular weight is 355 g/mol. The highest BCUT2D eigenvalue weighted by molar-refractivity contribution is 5.64. The van der Waals surface area contributed by atoms with E-state index >= 15 is 0 Å². The topological polar surface area (TPSA) is 24.9 Å². The SMILES string of the molecule is CCCCCCCC1(CCCCCCC)C=CNC(c2ccccn2)=C1. The van der Waals surface area contributed by atoms with Crippen LogP contribution in [-0.2, 0) is 0 Å². The van der Waals surface area contributed by atoms with Crippen molar-refractivity contribution < 1.29 is 0 Å². The van der Waals surface area contributed by atoms with Crippen molar-refractivity contribution in [2.75, 3.05) is 0 Å². The fourth-order valence-electron chi connectivity index (χ4n) is 3.90. The molecule has 1 aromatic rings. The standard InChI is InChI=1S/C24H38N2/c1-3-5-7-9-12-16-24(17-13-10-8-6-4-2)18-20-26-23(21-24)22-15-11-14-19-25-22/h11,14-15,18-21,26H,3-10,12-13,16-17H2,1-2H3. The van der Waals surface area contributed by atoms with Crippen molar-refractivity contribution in [3.8, 4) is 0 Å². The molecule has 1 aliphatic rings. The lowest BCUT2D eigenvalue weighted by Crippen LogP contribution is -2.23. The van der Waals surface area contributed by atoms with Crippen LogP contribution in [0.4, 0.5) is 0 Å². The van der Waals surface area contributed by atoms with Gasteiger partial charge >= 0.3 is 0 Å². The first kappa shape index (κ1) is 20.7. The van der Waals surface area contributed by atoms with Crippen molar-refractivity contribution in [2.24, 2.45) is 5.41 Å². The van der Waals surface area contributed by atoms with E-state index in [1.807, 2.05) is 12.3 Å². The molecule has 26 heavy (non-hydrogen) atoms. The monoisotopic (exact) mass is 354 g/mol. The number of dihydropyridines is 1. The number of rotatable bonds is 13. The molecule has 2 heterocycles. The molecule has 0 atom stereocenters. The largest absolute Gasteiger partial charge is 0.360 e. The number of hydrogen-bond donors (Lipinski definition) is 1. The second kappa shape index (κ2) is 11.9. The first-order valence-corrected chi connectivity index (χ1v) is 10.9. The molecule has 1 aliphatic heterocycles. The van der Waals surface area contributed by atoms with E-state index in [4.69, 9.17) is 0 Å². The lowest BCUT2D eigenvalue weighted by atomic mass is 9.76. The van der Waals surface area contributed by atoms with E-state index < -0.39 is 0 Å². The normalized spacial score (nSPS) is 15.5. The zero-order chi connectivity index (χ0) is 18.5. The Kier molecular flexibility index (Phi) is 9.52. The van der Waals surface area contributed by atoms with Crippen molar-refractivity contribution in [3.63, 3.8) is 0 Å². The van der Waals surface area contributed by atoms with Gasteiger partial charge in [-0.3, -0.25) is 4.98 Å². The van der Waals surface area contributed by atoms with Crippen LogP contribution >= 0.6 is 0 Å². The van der Waals surface area contributed by atoms with Crippen molar-refractivity contribution in [1.82, 2.24) is 10.3 Å². The minimum atomic E-state index is 0.205. The molecule has 2 rings (SSSR count). The molecule has 2 nitrogen and oxygen atoms in total. The van der Waals surface area contributed by atoms with Gasteiger partial charge in [-0.15, -0.1) is 0 Å². The predicted molar refractivity (Wildman–Crippen MR) is 114 cm³/mol. The van der Waals surface area contributed by atoms with Crippen LogP contribution in [0.5, 0.6) is 0 Å². The minimum Gasteiger partial charge on any atom is -0.360 e. The number of hydrogen-bond acceptors (Lipinski definition) is 2. The van der Waals surface area contributed by atoms with Crippen LogP contribution in [0.1, 0.15) is 96.6 Å². The van der Waals surface area contributed by atoms with Gasteiger partial charge < -0.3 is 5.32 Å². The van der Waals surface area contributed by atoms with Gasteiger partial charge in [-0.05, 0) is 37.3 Å². The number of aromatic nitrogens is 1. The Morgan fingerprint density at radius 2 is 1.50 bits per heavy atom. The number of nitrogens with one attached hydrogen (secondary N) is 1. The van der Waals surface area contributed by atoms with Crippen LogP contribution in [0.15, 0.2) is 42.7 Å². The first-order chi connectivity index (χ1) is 12.8. The number of allylic oxidation sites excluding steroid dienone is 2. The summed E-state index contributed by atoms with van der Waals surface area (Å²) in [4.78, 5) is 4.54. The molecular weight excluding hydrogens is 316 g/mol. The molecule has 0 radical (unpaired) electrons. The Hall–Kier alpha value is -1.57. The van der Waals surface area contributed by atoms with Crippen LogP contribution in [0, 0.1) is 5.41 Å². The van der Waals surface area contributed by atoms with Gasteiger partial charge in [-0.2, -0.15) is 0 Å². The fourth-order valence-corrected chi connectivity index (χ4v) is 3.90. The fraction of sp³-hybridized carbons (Fsp3) is 0.625. The summed E-state index contributed by atoms with van der Waals surface area (Å²) >= 11 is 0. The summed E-state index contributed by atoms with van der Waals surface area (Å²) in [6.45, 7) is 4.57. The van der Waals surface area contributed by atoms with Gasteiger partial charge in [-0.1, -0.05) is 90.2 Å². The van der Waals surface area contributed by atoms with E-state index in [9.17, 15) is 0 Å².